The highest BCUT2D eigenvalue weighted by Gasteiger charge is 2.27. The average molecular weight is 447 g/mol. The molecule has 170 valence electrons. The molecule has 1 saturated heterocycles. The van der Waals surface area contributed by atoms with Gasteiger partial charge in [0, 0.05) is 44.0 Å². The summed E-state index contributed by atoms with van der Waals surface area (Å²) in [6.07, 6.45) is 3.30. The van der Waals surface area contributed by atoms with E-state index in [4.69, 9.17) is 14.2 Å². The minimum atomic E-state index is -0.126. The predicted octanol–water partition coefficient (Wildman–Crippen LogP) is 3.49. The number of amides is 2. The van der Waals surface area contributed by atoms with Gasteiger partial charge in [0.2, 0.25) is 0 Å². The molecule has 33 heavy (non-hydrogen) atoms. The summed E-state index contributed by atoms with van der Waals surface area (Å²) in [5.41, 5.74) is 1.05. The maximum Gasteiger partial charge on any atom is 0.257 e. The Morgan fingerprint density at radius 2 is 1.45 bits per heavy atom. The highest BCUT2D eigenvalue weighted by atomic mass is 16.5. The molecular weight excluding hydrogens is 422 g/mol. The number of piperazine rings is 1. The van der Waals surface area contributed by atoms with Crippen LogP contribution in [0, 0.1) is 0 Å². The predicted molar refractivity (Wildman–Crippen MR) is 122 cm³/mol. The molecule has 1 aliphatic rings. The van der Waals surface area contributed by atoms with Crippen molar-refractivity contribution in [3.05, 3.63) is 78.1 Å². The van der Waals surface area contributed by atoms with Crippen molar-refractivity contribution >= 4 is 11.8 Å². The van der Waals surface area contributed by atoms with E-state index in [1.165, 1.54) is 7.11 Å². The van der Waals surface area contributed by atoms with Crippen LogP contribution in [0.5, 0.6) is 23.0 Å². The smallest absolute Gasteiger partial charge is 0.257 e. The van der Waals surface area contributed by atoms with Crippen molar-refractivity contribution in [3.8, 4) is 23.0 Å². The first kappa shape index (κ1) is 22.1. The highest BCUT2D eigenvalue weighted by Crippen LogP contribution is 2.26. The van der Waals surface area contributed by atoms with Gasteiger partial charge in [-0.2, -0.15) is 0 Å². The third-order valence-corrected chi connectivity index (χ3v) is 5.46. The monoisotopic (exact) mass is 447 g/mol. The average Bonchev–Trinajstić information content (AvgIpc) is 2.88. The minimum Gasteiger partial charge on any atom is -0.497 e. The number of hydrogen-bond donors (Lipinski definition) is 0. The number of rotatable bonds is 6. The number of carbonyl (C=O) groups excluding carboxylic acids is 2. The first-order chi connectivity index (χ1) is 16.1. The number of carbonyl (C=O) groups is 2. The molecule has 0 spiro atoms. The first-order valence-corrected chi connectivity index (χ1v) is 10.6. The van der Waals surface area contributed by atoms with E-state index >= 15 is 0 Å². The zero-order valence-corrected chi connectivity index (χ0v) is 18.6. The molecule has 1 fully saturated rings. The van der Waals surface area contributed by atoms with Crippen LogP contribution in [0.25, 0.3) is 0 Å². The normalized spacial score (nSPS) is 13.4. The molecule has 0 bridgehead atoms. The number of hydrogen-bond acceptors (Lipinski definition) is 6. The van der Waals surface area contributed by atoms with E-state index in [1.807, 2.05) is 6.07 Å². The SMILES string of the molecule is COc1ccc(C(=O)N2CCN(C(=O)c3ccc(Oc4cccnc4)cc3)CC2)c(OC)c1. The second-order valence-electron chi connectivity index (χ2n) is 7.47. The van der Waals surface area contributed by atoms with Gasteiger partial charge in [-0.1, -0.05) is 0 Å². The Labute approximate surface area is 192 Å². The number of nitrogens with zero attached hydrogens (tertiary/aromatic N) is 3. The molecule has 0 unspecified atom stereocenters. The van der Waals surface area contributed by atoms with Gasteiger partial charge in [0.05, 0.1) is 26.0 Å². The third kappa shape index (κ3) is 5.06. The van der Waals surface area contributed by atoms with Crippen LogP contribution in [0.3, 0.4) is 0 Å². The van der Waals surface area contributed by atoms with Gasteiger partial charge in [-0.3, -0.25) is 14.6 Å². The molecule has 4 rings (SSSR count). The van der Waals surface area contributed by atoms with Crippen LogP contribution in [0.2, 0.25) is 0 Å². The molecule has 8 nitrogen and oxygen atoms in total. The zero-order valence-electron chi connectivity index (χ0n) is 18.6. The third-order valence-electron chi connectivity index (χ3n) is 5.46. The number of benzene rings is 2. The van der Waals surface area contributed by atoms with E-state index in [0.29, 0.717) is 60.3 Å². The molecule has 1 aliphatic heterocycles. The van der Waals surface area contributed by atoms with Gasteiger partial charge in [-0.25, -0.2) is 0 Å². The van der Waals surface area contributed by atoms with Crippen molar-refractivity contribution in [1.82, 2.24) is 14.8 Å². The highest BCUT2D eigenvalue weighted by molar-refractivity contribution is 5.98. The molecule has 3 aromatic rings. The number of aromatic nitrogens is 1. The minimum absolute atomic E-state index is 0.0722. The van der Waals surface area contributed by atoms with Gasteiger partial charge in [-0.05, 0) is 48.5 Å². The lowest BCUT2D eigenvalue weighted by Crippen LogP contribution is -2.50. The molecule has 0 aliphatic carbocycles. The van der Waals surface area contributed by atoms with E-state index in [2.05, 4.69) is 4.98 Å². The van der Waals surface area contributed by atoms with Crippen molar-refractivity contribution in [3.63, 3.8) is 0 Å². The van der Waals surface area contributed by atoms with Gasteiger partial charge in [0.15, 0.2) is 0 Å². The molecular formula is C25H25N3O5. The van der Waals surface area contributed by atoms with E-state index in [1.54, 1.807) is 77.8 Å². The summed E-state index contributed by atoms with van der Waals surface area (Å²) < 4.78 is 16.3. The quantitative estimate of drug-likeness (QED) is 0.576. The number of ether oxygens (including phenoxy) is 3. The lowest BCUT2D eigenvalue weighted by atomic mass is 10.1. The standard InChI is InChI=1S/C25H25N3O5/c1-31-20-9-10-22(23(16-20)32-2)25(30)28-14-12-27(13-15-28)24(29)18-5-7-19(8-6-18)33-21-4-3-11-26-17-21/h3-11,16-17H,12-15H2,1-2H3. The van der Waals surface area contributed by atoms with Crippen LogP contribution in [-0.2, 0) is 0 Å². The number of methoxy groups -OCH3 is 2. The fraction of sp³-hybridized carbons (Fsp3) is 0.240. The summed E-state index contributed by atoms with van der Waals surface area (Å²) in [5.74, 6) is 2.15. The molecule has 0 N–H and O–H groups in total. The molecule has 0 radical (unpaired) electrons. The van der Waals surface area contributed by atoms with Crippen molar-refractivity contribution in [2.24, 2.45) is 0 Å². The fourth-order valence-electron chi connectivity index (χ4n) is 3.65. The van der Waals surface area contributed by atoms with Crippen LogP contribution < -0.4 is 14.2 Å². The van der Waals surface area contributed by atoms with E-state index in [-0.39, 0.29) is 11.8 Å². The van der Waals surface area contributed by atoms with Crippen LogP contribution in [0.15, 0.2) is 67.0 Å². The summed E-state index contributed by atoms with van der Waals surface area (Å²) in [6.45, 7) is 1.80. The van der Waals surface area contributed by atoms with E-state index in [0.717, 1.165) is 0 Å². The molecule has 0 saturated carbocycles. The van der Waals surface area contributed by atoms with Gasteiger partial charge in [0.25, 0.3) is 11.8 Å². The van der Waals surface area contributed by atoms with E-state index < -0.39 is 0 Å². The maximum absolute atomic E-state index is 13.0. The van der Waals surface area contributed by atoms with Crippen molar-refractivity contribution in [1.29, 1.82) is 0 Å². The Hall–Kier alpha value is -4.07. The van der Waals surface area contributed by atoms with Crippen LogP contribution >= 0.6 is 0 Å². The molecule has 8 heteroatoms. The van der Waals surface area contributed by atoms with Crippen molar-refractivity contribution in [2.45, 2.75) is 0 Å². The lowest BCUT2D eigenvalue weighted by Gasteiger charge is -2.35. The largest absolute Gasteiger partial charge is 0.497 e. The summed E-state index contributed by atoms with van der Waals surface area (Å²) >= 11 is 0. The lowest BCUT2D eigenvalue weighted by molar-refractivity contribution is 0.0533. The van der Waals surface area contributed by atoms with Crippen molar-refractivity contribution < 1.29 is 23.8 Å². The first-order valence-electron chi connectivity index (χ1n) is 10.6. The summed E-state index contributed by atoms with van der Waals surface area (Å²) in [4.78, 5) is 33.4. The molecule has 2 heterocycles. The van der Waals surface area contributed by atoms with Gasteiger partial charge in [-0.15, -0.1) is 0 Å². The topological polar surface area (TPSA) is 81.2 Å². The van der Waals surface area contributed by atoms with Crippen molar-refractivity contribution in [2.75, 3.05) is 40.4 Å². The van der Waals surface area contributed by atoms with E-state index in [9.17, 15) is 9.59 Å². The fourth-order valence-corrected chi connectivity index (χ4v) is 3.65. The van der Waals surface area contributed by atoms with Crippen LogP contribution in [0.1, 0.15) is 20.7 Å². The second-order valence-corrected chi connectivity index (χ2v) is 7.47. The molecule has 2 aromatic carbocycles. The zero-order chi connectivity index (χ0) is 23.2. The Bertz CT molecular complexity index is 1110. The van der Waals surface area contributed by atoms with Crippen LogP contribution in [0.4, 0.5) is 0 Å². The van der Waals surface area contributed by atoms with Gasteiger partial charge < -0.3 is 24.0 Å². The van der Waals surface area contributed by atoms with Gasteiger partial charge in [0.1, 0.15) is 23.0 Å². The Balaban J connectivity index is 1.36. The molecule has 1 aromatic heterocycles. The molecule has 2 amide bonds. The van der Waals surface area contributed by atoms with Crippen LogP contribution in [-0.4, -0.2) is 67.0 Å². The second kappa shape index (κ2) is 10.0. The Morgan fingerprint density at radius 3 is 2.06 bits per heavy atom. The summed E-state index contributed by atoms with van der Waals surface area (Å²) in [5, 5.41) is 0. The Morgan fingerprint density at radius 1 is 0.788 bits per heavy atom. The molecule has 0 atom stereocenters. The summed E-state index contributed by atoms with van der Waals surface area (Å²) in [6, 6.07) is 15.7. The van der Waals surface area contributed by atoms with Gasteiger partial charge >= 0.3 is 0 Å². The summed E-state index contributed by atoms with van der Waals surface area (Å²) in [7, 11) is 3.09. The maximum atomic E-state index is 13.0. The Kier molecular flexibility index (Phi) is 6.73. The number of pyridine rings is 1.